The fraction of sp³-hybridized carbons (Fsp3) is 0.143. The van der Waals surface area contributed by atoms with E-state index in [1.807, 2.05) is 0 Å². The van der Waals surface area contributed by atoms with Gasteiger partial charge in [0.1, 0.15) is 16.9 Å². The molecule has 1 saturated heterocycles. The van der Waals surface area contributed by atoms with E-state index in [9.17, 15) is 19.2 Å². The highest BCUT2D eigenvalue weighted by atomic mass is 16.5. The largest absolute Gasteiger partial charge is 0.484 e. The zero-order chi connectivity index (χ0) is 21.3. The lowest BCUT2D eigenvalue weighted by Crippen LogP contribution is -2.49. The van der Waals surface area contributed by atoms with Crippen molar-refractivity contribution in [1.82, 2.24) is 15.8 Å². The molecule has 1 aliphatic heterocycles. The van der Waals surface area contributed by atoms with Crippen LogP contribution in [0.4, 0.5) is 4.79 Å². The Morgan fingerprint density at radius 2 is 1.83 bits per heavy atom. The van der Waals surface area contributed by atoms with E-state index >= 15 is 0 Å². The van der Waals surface area contributed by atoms with Crippen molar-refractivity contribution >= 4 is 28.8 Å². The van der Waals surface area contributed by atoms with E-state index in [2.05, 4.69) is 10.7 Å². The molecule has 4 rings (SSSR count). The summed E-state index contributed by atoms with van der Waals surface area (Å²) >= 11 is 0. The number of benzene rings is 2. The number of hydrogen-bond donors (Lipinski definition) is 2. The van der Waals surface area contributed by atoms with Crippen LogP contribution in [0.25, 0.3) is 11.0 Å². The third kappa shape index (κ3) is 3.48. The molecule has 0 bridgehead atoms. The topological polar surface area (TPSA) is 118 Å². The van der Waals surface area contributed by atoms with Crippen LogP contribution in [0.5, 0.6) is 5.75 Å². The number of carbonyl (C=O) groups is 3. The molecule has 3 aromatic rings. The normalized spacial score (nSPS) is 18.4. The minimum atomic E-state index is -1.29. The fourth-order valence-corrected chi connectivity index (χ4v) is 3.14. The highest BCUT2D eigenvalue weighted by molar-refractivity contribution is 6.08. The van der Waals surface area contributed by atoms with Crippen LogP contribution in [-0.4, -0.2) is 29.5 Å². The highest BCUT2D eigenvalue weighted by Crippen LogP contribution is 2.27. The molecule has 9 nitrogen and oxygen atoms in total. The van der Waals surface area contributed by atoms with Crippen LogP contribution >= 0.6 is 0 Å². The third-order valence-electron chi connectivity index (χ3n) is 4.74. The molecule has 0 radical (unpaired) electrons. The molecular weight excluding hydrogens is 390 g/mol. The van der Waals surface area contributed by atoms with Crippen LogP contribution < -0.4 is 21.1 Å². The SMILES string of the molecule is CC1(c2ccccc2)NC(=O)N(NC(=O)COc2ccc3ccc(=O)oc3c2)C1=O. The van der Waals surface area contributed by atoms with Gasteiger partial charge in [-0.25, -0.2) is 9.59 Å². The Hall–Kier alpha value is -4.14. The molecule has 0 spiro atoms. The summed E-state index contributed by atoms with van der Waals surface area (Å²) in [5.74, 6) is -1.02. The Balaban J connectivity index is 1.42. The first-order chi connectivity index (χ1) is 14.4. The number of imide groups is 1. The number of carbonyl (C=O) groups excluding carboxylic acids is 3. The predicted octanol–water partition coefficient (Wildman–Crippen LogP) is 1.67. The van der Waals surface area contributed by atoms with E-state index in [0.717, 1.165) is 0 Å². The minimum Gasteiger partial charge on any atom is -0.484 e. The van der Waals surface area contributed by atoms with Crippen molar-refractivity contribution in [2.45, 2.75) is 12.5 Å². The average Bonchev–Trinajstić information content (AvgIpc) is 2.96. The maximum absolute atomic E-state index is 12.8. The van der Waals surface area contributed by atoms with Gasteiger partial charge in [0.2, 0.25) is 0 Å². The molecule has 4 amide bonds. The van der Waals surface area contributed by atoms with Crippen LogP contribution in [-0.2, 0) is 15.1 Å². The molecule has 0 aliphatic carbocycles. The molecule has 1 aliphatic rings. The average molecular weight is 407 g/mol. The van der Waals surface area contributed by atoms with Crippen LogP contribution in [0.1, 0.15) is 12.5 Å². The van der Waals surface area contributed by atoms with Crippen molar-refractivity contribution in [3.8, 4) is 5.75 Å². The number of ether oxygens (including phenoxy) is 1. The quantitative estimate of drug-likeness (QED) is 0.491. The van der Waals surface area contributed by atoms with E-state index in [4.69, 9.17) is 9.15 Å². The lowest BCUT2D eigenvalue weighted by molar-refractivity contribution is -0.139. The Bertz CT molecular complexity index is 1210. The van der Waals surface area contributed by atoms with Gasteiger partial charge in [-0.1, -0.05) is 30.3 Å². The zero-order valence-corrected chi connectivity index (χ0v) is 15.9. The summed E-state index contributed by atoms with van der Waals surface area (Å²) in [6, 6.07) is 15.7. The van der Waals surface area contributed by atoms with Gasteiger partial charge in [0.25, 0.3) is 11.8 Å². The second-order valence-corrected chi connectivity index (χ2v) is 6.84. The fourth-order valence-electron chi connectivity index (χ4n) is 3.14. The maximum atomic E-state index is 12.8. The van der Waals surface area contributed by atoms with Gasteiger partial charge in [-0.3, -0.25) is 15.0 Å². The summed E-state index contributed by atoms with van der Waals surface area (Å²) in [5, 5.41) is 3.93. The predicted molar refractivity (Wildman–Crippen MR) is 105 cm³/mol. The first-order valence-electron chi connectivity index (χ1n) is 9.05. The summed E-state index contributed by atoms with van der Waals surface area (Å²) in [5.41, 5.74) is 1.37. The monoisotopic (exact) mass is 407 g/mol. The van der Waals surface area contributed by atoms with Gasteiger partial charge in [-0.05, 0) is 30.7 Å². The molecule has 2 aromatic carbocycles. The summed E-state index contributed by atoms with van der Waals surface area (Å²) in [4.78, 5) is 48.6. The number of hydrazine groups is 1. The molecule has 1 aromatic heterocycles. The van der Waals surface area contributed by atoms with Crippen molar-refractivity contribution < 1.29 is 23.5 Å². The minimum absolute atomic E-state index is 0.290. The summed E-state index contributed by atoms with van der Waals surface area (Å²) < 4.78 is 10.5. The number of fused-ring (bicyclic) bond motifs is 1. The van der Waals surface area contributed by atoms with Crippen LogP contribution in [0.3, 0.4) is 0 Å². The lowest BCUT2D eigenvalue weighted by atomic mass is 9.92. The number of nitrogens with one attached hydrogen (secondary N) is 2. The van der Waals surface area contributed by atoms with Gasteiger partial charge in [-0.15, -0.1) is 0 Å². The van der Waals surface area contributed by atoms with E-state index in [0.29, 0.717) is 27.3 Å². The molecule has 1 fully saturated rings. The first-order valence-corrected chi connectivity index (χ1v) is 9.05. The molecule has 9 heteroatoms. The Morgan fingerprint density at radius 3 is 2.60 bits per heavy atom. The van der Waals surface area contributed by atoms with Crippen molar-refractivity contribution in [1.29, 1.82) is 0 Å². The molecule has 30 heavy (non-hydrogen) atoms. The van der Waals surface area contributed by atoms with Gasteiger partial charge in [0.05, 0.1) is 0 Å². The molecule has 152 valence electrons. The number of amides is 4. The molecule has 2 N–H and O–H groups in total. The molecule has 1 unspecified atom stereocenters. The smallest absolute Gasteiger partial charge is 0.344 e. The number of rotatable bonds is 5. The van der Waals surface area contributed by atoms with Gasteiger partial charge >= 0.3 is 11.7 Å². The Morgan fingerprint density at radius 1 is 1.10 bits per heavy atom. The molecule has 2 heterocycles. The highest BCUT2D eigenvalue weighted by Gasteiger charge is 2.49. The summed E-state index contributed by atoms with van der Waals surface area (Å²) in [6.45, 7) is 1.11. The second kappa shape index (κ2) is 7.36. The first kappa shape index (κ1) is 19.2. The van der Waals surface area contributed by atoms with Crippen molar-refractivity contribution in [2.24, 2.45) is 0 Å². The molecule has 0 saturated carbocycles. The summed E-state index contributed by atoms with van der Waals surface area (Å²) in [7, 11) is 0. The second-order valence-electron chi connectivity index (χ2n) is 6.84. The Kier molecular flexibility index (Phi) is 4.71. The molecule has 1 atom stereocenters. The van der Waals surface area contributed by atoms with E-state index < -0.39 is 35.6 Å². The van der Waals surface area contributed by atoms with E-state index in [1.54, 1.807) is 55.5 Å². The van der Waals surface area contributed by atoms with Crippen LogP contribution in [0.2, 0.25) is 0 Å². The summed E-state index contributed by atoms with van der Waals surface area (Å²) in [6.07, 6.45) is 0. The number of nitrogens with zero attached hydrogens (tertiary/aromatic N) is 1. The van der Waals surface area contributed by atoms with E-state index in [-0.39, 0.29) is 0 Å². The van der Waals surface area contributed by atoms with E-state index in [1.165, 1.54) is 12.1 Å². The van der Waals surface area contributed by atoms with Gasteiger partial charge < -0.3 is 14.5 Å². The third-order valence-corrected chi connectivity index (χ3v) is 4.74. The van der Waals surface area contributed by atoms with Gasteiger partial charge in [-0.2, -0.15) is 5.01 Å². The lowest BCUT2D eigenvalue weighted by Gasteiger charge is -2.22. The van der Waals surface area contributed by atoms with Gasteiger partial charge in [0, 0.05) is 17.5 Å². The maximum Gasteiger partial charge on any atom is 0.344 e. The number of urea groups is 1. The number of hydrogen-bond acceptors (Lipinski definition) is 6. The van der Waals surface area contributed by atoms with Crippen LogP contribution in [0, 0.1) is 0 Å². The van der Waals surface area contributed by atoms with Gasteiger partial charge in [0.15, 0.2) is 6.61 Å². The van der Waals surface area contributed by atoms with Crippen molar-refractivity contribution in [3.63, 3.8) is 0 Å². The van der Waals surface area contributed by atoms with Crippen LogP contribution in [0.15, 0.2) is 69.9 Å². The standard InChI is InChI=1S/C21H17N3O6/c1-21(14-5-3-2-4-6-14)19(27)24(20(28)22-21)23-17(25)12-29-15-9-7-13-8-10-18(26)30-16(13)11-15/h2-11H,12H2,1H3,(H,22,28)(H,23,25). The van der Waals surface area contributed by atoms with Crippen molar-refractivity contribution in [3.05, 3.63) is 76.6 Å². The Labute approximate surface area is 170 Å². The molecular formula is C21H17N3O6. The van der Waals surface area contributed by atoms with Crippen molar-refractivity contribution in [2.75, 3.05) is 6.61 Å². The zero-order valence-electron chi connectivity index (χ0n) is 15.9.